The van der Waals surface area contributed by atoms with Gasteiger partial charge in [0.2, 0.25) is 0 Å². The van der Waals surface area contributed by atoms with Crippen molar-refractivity contribution >= 4 is 10.9 Å². The molecule has 1 atom stereocenters. The Hall–Kier alpha value is -1.39. The zero-order chi connectivity index (χ0) is 13.9. The molecule has 20 heavy (non-hydrogen) atoms. The molecule has 0 spiro atoms. The van der Waals surface area contributed by atoms with Crippen LogP contribution >= 0.6 is 0 Å². The van der Waals surface area contributed by atoms with Gasteiger partial charge >= 0.3 is 0 Å². The second-order valence-corrected chi connectivity index (χ2v) is 5.77. The van der Waals surface area contributed by atoms with Gasteiger partial charge in [0.05, 0.1) is 11.2 Å². The molecule has 2 heterocycles. The summed E-state index contributed by atoms with van der Waals surface area (Å²) in [4.78, 5) is 2.39. The van der Waals surface area contributed by atoms with E-state index in [1.54, 1.807) is 0 Å². The van der Waals surface area contributed by atoms with E-state index in [9.17, 15) is 0 Å². The molecule has 108 valence electrons. The van der Waals surface area contributed by atoms with Crippen LogP contribution in [0.3, 0.4) is 0 Å². The van der Waals surface area contributed by atoms with Crippen molar-refractivity contribution in [1.82, 2.24) is 20.0 Å². The van der Waals surface area contributed by atoms with Crippen LogP contribution in [0.5, 0.6) is 0 Å². The Morgan fingerprint density at radius 2 is 2.25 bits per heavy atom. The van der Waals surface area contributed by atoms with Crippen LogP contribution < -0.4 is 5.32 Å². The van der Waals surface area contributed by atoms with Gasteiger partial charge in [-0.25, -0.2) is 0 Å². The predicted octanol–water partition coefficient (Wildman–Crippen LogP) is 2.24. The molecule has 1 N–H and O–H groups in total. The smallest absolute Gasteiger partial charge is 0.0843 e. The normalized spacial score (nSPS) is 19.2. The monoisotopic (exact) mass is 272 g/mol. The fourth-order valence-electron chi connectivity index (χ4n) is 3.16. The second kappa shape index (κ2) is 5.94. The minimum Gasteiger partial charge on any atom is -0.313 e. The van der Waals surface area contributed by atoms with Crippen molar-refractivity contribution in [2.45, 2.75) is 38.9 Å². The summed E-state index contributed by atoms with van der Waals surface area (Å²) >= 11 is 0. The van der Waals surface area contributed by atoms with Crippen molar-refractivity contribution in [1.29, 1.82) is 0 Å². The van der Waals surface area contributed by atoms with Gasteiger partial charge < -0.3 is 5.32 Å². The summed E-state index contributed by atoms with van der Waals surface area (Å²) in [5, 5.41) is 9.63. The third-order valence-corrected chi connectivity index (χ3v) is 4.15. The van der Waals surface area contributed by atoms with Crippen molar-refractivity contribution < 1.29 is 0 Å². The summed E-state index contributed by atoms with van der Waals surface area (Å²) < 4.78 is 2.10. The lowest BCUT2D eigenvalue weighted by Crippen LogP contribution is -2.35. The summed E-state index contributed by atoms with van der Waals surface area (Å²) in [6.07, 6.45) is 2.61. The Balaban J connectivity index is 1.76. The van der Waals surface area contributed by atoms with E-state index < -0.39 is 0 Å². The molecule has 1 aromatic carbocycles. The standard InChI is InChI=1S/C16H24N4/c1-3-20-16-9-5-4-8-14(16)15(18-20)12-19(2)11-13-7-6-10-17-13/h4-5,8-9,13,17H,3,6-7,10-12H2,1-2H3. The van der Waals surface area contributed by atoms with Crippen LogP contribution in [-0.2, 0) is 13.1 Å². The number of aryl methyl sites for hydroxylation is 1. The van der Waals surface area contributed by atoms with E-state index in [4.69, 9.17) is 5.10 Å². The zero-order valence-electron chi connectivity index (χ0n) is 12.5. The maximum Gasteiger partial charge on any atom is 0.0843 e. The molecule has 1 saturated heterocycles. The largest absolute Gasteiger partial charge is 0.313 e. The third kappa shape index (κ3) is 2.72. The van der Waals surface area contributed by atoms with Crippen LogP contribution in [0.2, 0.25) is 0 Å². The fourth-order valence-corrected chi connectivity index (χ4v) is 3.16. The first-order valence-corrected chi connectivity index (χ1v) is 7.64. The van der Waals surface area contributed by atoms with Crippen molar-refractivity contribution in [2.24, 2.45) is 0 Å². The lowest BCUT2D eigenvalue weighted by molar-refractivity contribution is 0.290. The van der Waals surface area contributed by atoms with E-state index in [-0.39, 0.29) is 0 Å². The van der Waals surface area contributed by atoms with E-state index in [1.165, 1.54) is 36.0 Å². The van der Waals surface area contributed by atoms with Crippen molar-refractivity contribution in [3.8, 4) is 0 Å². The minimum absolute atomic E-state index is 0.652. The van der Waals surface area contributed by atoms with Gasteiger partial charge in [-0.2, -0.15) is 5.10 Å². The maximum atomic E-state index is 4.78. The molecule has 0 bridgehead atoms. The first kappa shape index (κ1) is 13.6. The van der Waals surface area contributed by atoms with E-state index in [0.29, 0.717) is 6.04 Å². The first-order valence-electron chi connectivity index (χ1n) is 7.64. The topological polar surface area (TPSA) is 33.1 Å². The summed E-state index contributed by atoms with van der Waals surface area (Å²) in [6, 6.07) is 9.19. The highest BCUT2D eigenvalue weighted by molar-refractivity contribution is 5.81. The Morgan fingerprint density at radius 3 is 3.00 bits per heavy atom. The lowest BCUT2D eigenvalue weighted by atomic mass is 10.2. The van der Waals surface area contributed by atoms with Gasteiger partial charge in [0.25, 0.3) is 0 Å². The third-order valence-electron chi connectivity index (χ3n) is 4.15. The van der Waals surface area contributed by atoms with Crippen LogP contribution in [0, 0.1) is 0 Å². The average molecular weight is 272 g/mol. The highest BCUT2D eigenvalue weighted by atomic mass is 15.3. The van der Waals surface area contributed by atoms with E-state index in [2.05, 4.69) is 53.1 Å². The molecule has 1 aliphatic rings. The Bertz CT molecular complexity index is 569. The van der Waals surface area contributed by atoms with E-state index >= 15 is 0 Å². The Morgan fingerprint density at radius 1 is 1.40 bits per heavy atom. The van der Waals surface area contributed by atoms with Crippen LogP contribution in [0.1, 0.15) is 25.5 Å². The van der Waals surface area contributed by atoms with E-state index in [1.807, 2.05) is 0 Å². The van der Waals surface area contributed by atoms with Crippen molar-refractivity contribution in [3.63, 3.8) is 0 Å². The number of nitrogens with zero attached hydrogens (tertiary/aromatic N) is 3. The number of benzene rings is 1. The highest BCUT2D eigenvalue weighted by Crippen LogP contribution is 2.19. The highest BCUT2D eigenvalue weighted by Gasteiger charge is 2.17. The van der Waals surface area contributed by atoms with Gasteiger partial charge in [-0.15, -0.1) is 0 Å². The molecule has 1 aromatic heterocycles. The van der Waals surface area contributed by atoms with Crippen molar-refractivity contribution in [3.05, 3.63) is 30.0 Å². The first-order chi connectivity index (χ1) is 9.78. The summed E-state index contributed by atoms with van der Waals surface area (Å²) in [6.45, 7) is 6.27. The van der Waals surface area contributed by atoms with Gasteiger partial charge in [-0.1, -0.05) is 18.2 Å². The number of aromatic nitrogens is 2. The number of fused-ring (bicyclic) bond motifs is 1. The molecule has 4 heteroatoms. The molecule has 1 aliphatic heterocycles. The maximum absolute atomic E-state index is 4.78. The molecule has 0 aliphatic carbocycles. The van der Waals surface area contributed by atoms with Crippen LogP contribution in [0.25, 0.3) is 10.9 Å². The van der Waals surface area contributed by atoms with Crippen LogP contribution in [0.4, 0.5) is 0 Å². The average Bonchev–Trinajstić information content (AvgIpc) is 3.07. The van der Waals surface area contributed by atoms with E-state index in [0.717, 1.165) is 19.6 Å². The Labute approximate surface area is 120 Å². The molecule has 1 unspecified atom stereocenters. The summed E-state index contributed by atoms with van der Waals surface area (Å²) in [5.74, 6) is 0. The number of para-hydroxylation sites is 1. The molecule has 4 nitrogen and oxygen atoms in total. The molecule has 0 amide bonds. The van der Waals surface area contributed by atoms with Crippen LogP contribution in [-0.4, -0.2) is 40.9 Å². The fraction of sp³-hybridized carbons (Fsp3) is 0.562. The molecule has 2 aromatic rings. The second-order valence-electron chi connectivity index (χ2n) is 5.77. The van der Waals surface area contributed by atoms with Gasteiger partial charge in [-0.3, -0.25) is 9.58 Å². The molecule has 3 rings (SSSR count). The number of hydrogen-bond donors (Lipinski definition) is 1. The number of likely N-dealkylation sites (N-methyl/N-ethyl adjacent to an activating group) is 1. The zero-order valence-corrected chi connectivity index (χ0v) is 12.5. The molecule has 1 fully saturated rings. The van der Waals surface area contributed by atoms with Gasteiger partial charge in [-0.05, 0) is 39.4 Å². The predicted molar refractivity (Wildman–Crippen MR) is 82.8 cm³/mol. The molecular formula is C16H24N4. The minimum atomic E-state index is 0.652. The molecule has 0 saturated carbocycles. The van der Waals surface area contributed by atoms with Crippen LogP contribution in [0.15, 0.2) is 24.3 Å². The van der Waals surface area contributed by atoms with Gasteiger partial charge in [0.1, 0.15) is 0 Å². The van der Waals surface area contributed by atoms with Gasteiger partial charge in [0, 0.05) is 31.1 Å². The molecular weight excluding hydrogens is 248 g/mol. The number of rotatable bonds is 5. The SMILES string of the molecule is CCn1nc(CN(C)CC2CCCN2)c2ccccc21. The molecule has 0 radical (unpaired) electrons. The Kier molecular flexibility index (Phi) is 4.03. The quantitative estimate of drug-likeness (QED) is 0.906. The lowest BCUT2D eigenvalue weighted by Gasteiger charge is -2.20. The summed E-state index contributed by atoms with van der Waals surface area (Å²) in [7, 11) is 2.19. The van der Waals surface area contributed by atoms with Crippen molar-refractivity contribution in [2.75, 3.05) is 20.1 Å². The van der Waals surface area contributed by atoms with Gasteiger partial charge in [0.15, 0.2) is 0 Å². The number of nitrogens with one attached hydrogen (secondary N) is 1. The summed E-state index contributed by atoms with van der Waals surface area (Å²) in [5.41, 5.74) is 2.44. The number of hydrogen-bond acceptors (Lipinski definition) is 3.